The summed E-state index contributed by atoms with van der Waals surface area (Å²) in [7, 11) is 1.57. The van der Waals surface area contributed by atoms with Crippen LogP contribution in [0.3, 0.4) is 0 Å². The van der Waals surface area contributed by atoms with E-state index in [2.05, 4.69) is 10.6 Å². The summed E-state index contributed by atoms with van der Waals surface area (Å²) >= 11 is 0. The number of nitrogens with zero attached hydrogens (tertiary/aromatic N) is 1. The molecule has 0 aliphatic heterocycles. The normalized spacial score (nSPS) is 11.8. The van der Waals surface area contributed by atoms with Crippen LogP contribution < -0.4 is 10.6 Å². The molecule has 0 aromatic heterocycles. The van der Waals surface area contributed by atoms with Crippen LogP contribution in [0.2, 0.25) is 0 Å². The Bertz CT molecular complexity index is 822. The molecule has 0 heterocycles. The number of amides is 3. The molecule has 0 aliphatic carbocycles. The molecule has 2 aromatic carbocycles. The number of anilines is 2. The summed E-state index contributed by atoms with van der Waals surface area (Å²) in [5.41, 5.74) is 1.67. The third-order valence-corrected chi connectivity index (χ3v) is 4.26. The van der Waals surface area contributed by atoms with Gasteiger partial charge in [0, 0.05) is 24.3 Å². The number of carbonyl (C=O) groups excluding carboxylic acids is 2. The van der Waals surface area contributed by atoms with Crippen molar-refractivity contribution in [1.29, 1.82) is 0 Å². The Hall–Kier alpha value is -2.96. The van der Waals surface area contributed by atoms with Crippen LogP contribution in [-0.4, -0.2) is 23.9 Å². The molecule has 0 bridgehead atoms. The van der Waals surface area contributed by atoms with Crippen molar-refractivity contribution in [1.82, 2.24) is 4.90 Å². The van der Waals surface area contributed by atoms with E-state index in [1.54, 1.807) is 52.1 Å². The number of hydrogen-bond donors (Lipinski definition) is 2. The zero-order valence-corrected chi connectivity index (χ0v) is 15.7. The number of rotatable bonds is 5. The van der Waals surface area contributed by atoms with Crippen LogP contribution >= 0.6 is 0 Å². The number of benzene rings is 2. The predicted octanol–water partition coefficient (Wildman–Crippen LogP) is 4.78. The first-order valence-corrected chi connectivity index (χ1v) is 8.58. The van der Waals surface area contributed by atoms with E-state index < -0.39 is 23.7 Å². The highest BCUT2D eigenvalue weighted by atomic mass is 19.2. The Kier molecular flexibility index (Phi) is 6.50. The maximum absolute atomic E-state index is 13.4. The summed E-state index contributed by atoms with van der Waals surface area (Å²) in [5, 5.41) is 5.49. The lowest BCUT2D eigenvalue weighted by atomic mass is 10.1. The van der Waals surface area contributed by atoms with E-state index in [0.29, 0.717) is 16.9 Å². The van der Waals surface area contributed by atoms with Crippen molar-refractivity contribution in [2.24, 2.45) is 5.92 Å². The highest BCUT2D eigenvalue weighted by molar-refractivity contribution is 5.93. The van der Waals surface area contributed by atoms with E-state index in [9.17, 15) is 18.4 Å². The molecule has 5 nitrogen and oxygen atoms in total. The Labute approximate surface area is 157 Å². The Morgan fingerprint density at radius 2 is 1.44 bits per heavy atom. The molecule has 0 aliphatic rings. The quantitative estimate of drug-likeness (QED) is 0.790. The van der Waals surface area contributed by atoms with Gasteiger partial charge in [-0.2, -0.15) is 0 Å². The SMILES string of the molecule is CC(C)C(=O)Nc1ccc(NC(=O)N(C)[C@H](C)c2ccc(F)c(F)c2)cc1. The van der Waals surface area contributed by atoms with Gasteiger partial charge >= 0.3 is 6.03 Å². The largest absolute Gasteiger partial charge is 0.326 e. The van der Waals surface area contributed by atoms with Crippen LogP contribution in [0.1, 0.15) is 32.4 Å². The number of halogens is 2. The van der Waals surface area contributed by atoms with Crippen LogP contribution in [0.15, 0.2) is 42.5 Å². The monoisotopic (exact) mass is 375 g/mol. The van der Waals surface area contributed by atoms with Gasteiger partial charge in [0.05, 0.1) is 6.04 Å². The molecule has 3 amide bonds. The van der Waals surface area contributed by atoms with Crippen molar-refractivity contribution in [3.8, 4) is 0 Å². The van der Waals surface area contributed by atoms with Gasteiger partial charge in [0.1, 0.15) is 0 Å². The minimum atomic E-state index is -0.952. The molecule has 0 radical (unpaired) electrons. The van der Waals surface area contributed by atoms with E-state index in [4.69, 9.17) is 0 Å². The van der Waals surface area contributed by atoms with Gasteiger partial charge < -0.3 is 15.5 Å². The lowest BCUT2D eigenvalue weighted by molar-refractivity contribution is -0.118. The highest BCUT2D eigenvalue weighted by Crippen LogP contribution is 2.22. The molecule has 1 atom stereocenters. The zero-order valence-electron chi connectivity index (χ0n) is 15.7. The van der Waals surface area contributed by atoms with Crippen LogP contribution in [0.25, 0.3) is 0 Å². The van der Waals surface area contributed by atoms with Crippen molar-refractivity contribution in [2.75, 3.05) is 17.7 Å². The standard InChI is InChI=1S/C20H23F2N3O2/c1-12(2)19(26)23-15-6-8-16(9-7-15)24-20(27)25(4)13(3)14-5-10-17(21)18(22)11-14/h5-13H,1-4H3,(H,23,26)(H,24,27)/t13-/m1/s1. The second-order valence-electron chi connectivity index (χ2n) is 6.61. The number of urea groups is 1. The maximum Gasteiger partial charge on any atom is 0.322 e. The second kappa shape index (κ2) is 8.62. The van der Waals surface area contributed by atoms with Gasteiger partial charge in [-0.1, -0.05) is 19.9 Å². The molecule has 0 spiro atoms. The molecule has 2 rings (SSSR count). The van der Waals surface area contributed by atoms with Crippen LogP contribution in [0.5, 0.6) is 0 Å². The molecule has 0 saturated heterocycles. The van der Waals surface area contributed by atoms with E-state index in [1.165, 1.54) is 11.0 Å². The van der Waals surface area contributed by atoms with Crippen LogP contribution in [-0.2, 0) is 4.79 Å². The number of hydrogen-bond acceptors (Lipinski definition) is 2. The van der Waals surface area contributed by atoms with Gasteiger partial charge in [-0.25, -0.2) is 13.6 Å². The molecule has 27 heavy (non-hydrogen) atoms. The average Bonchev–Trinajstić information content (AvgIpc) is 2.64. The van der Waals surface area contributed by atoms with Gasteiger partial charge in [-0.05, 0) is 48.9 Å². The van der Waals surface area contributed by atoms with Crippen molar-refractivity contribution >= 4 is 23.3 Å². The number of carbonyl (C=O) groups is 2. The summed E-state index contributed by atoms with van der Waals surface area (Å²) in [5.74, 6) is -2.10. The van der Waals surface area contributed by atoms with Crippen molar-refractivity contribution in [3.63, 3.8) is 0 Å². The molecule has 7 heteroatoms. The third kappa shape index (κ3) is 5.26. The van der Waals surface area contributed by atoms with Crippen LogP contribution in [0, 0.1) is 17.6 Å². The van der Waals surface area contributed by atoms with Gasteiger partial charge in [0.25, 0.3) is 0 Å². The molecule has 144 valence electrons. The van der Waals surface area contributed by atoms with E-state index in [0.717, 1.165) is 12.1 Å². The Balaban J connectivity index is 2.01. The van der Waals surface area contributed by atoms with Crippen LogP contribution in [0.4, 0.5) is 25.0 Å². The lowest BCUT2D eigenvalue weighted by Crippen LogP contribution is -2.33. The first-order chi connectivity index (χ1) is 12.7. The zero-order chi connectivity index (χ0) is 20.1. The summed E-state index contributed by atoms with van der Waals surface area (Å²) in [6, 6.07) is 9.43. The first kappa shape index (κ1) is 20.4. The molecule has 2 aromatic rings. The van der Waals surface area contributed by atoms with Gasteiger partial charge in [0.2, 0.25) is 5.91 Å². The topological polar surface area (TPSA) is 61.4 Å². The van der Waals surface area contributed by atoms with Gasteiger partial charge in [0.15, 0.2) is 11.6 Å². The smallest absolute Gasteiger partial charge is 0.322 e. The molecule has 0 fully saturated rings. The first-order valence-electron chi connectivity index (χ1n) is 8.58. The average molecular weight is 375 g/mol. The second-order valence-corrected chi connectivity index (χ2v) is 6.61. The molecular weight excluding hydrogens is 352 g/mol. The summed E-state index contributed by atoms with van der Waals surface area (Å²) in [4.78, 5) is 25.5. The van der Waals surface area contributed by atoms with E-state index >= 15 is 0 Å². The van der Waals surface area contributed by atoms with Crippen molar-refractivity contribution in [3.05, 3.63) is 59.7 Å². The Morgan fingerprint density at radius 3 is 1.96 bits per heavy atom. The van der Waals surface area contributed by atoms with Gasteiger partial charge in [-0.3, -0.25) is 4.79 Å². The summed E-state index contributed by atoms with van der Waals surface area (Å²) < 4.78 is 26.5. The van der Waals surface area contributed by atoms with Crippen molar-refractivity contribution in [2.45, 2.75) is 26.8 Å². The molecule has 2 N–H and O–H groups in total. The Morgan fingerprint density at radius 1 is 0.889 bits per heavy atom. The maximum atomic E-state index is 13.4. The minimum absolute atomic E-state index is 0.0909. The van der Waals surface area contributed by atoms with Crippen molar-refractivity contribution < 1.29 is 18.4 Å². The predicted molar refractivity (Wildman–Crippen MR) is 101 cm³/mol. The molecule has 0 unspecified atom stereocenters. The third-order valence-electron chi connectivity index (χ3n) is 4.26. The fourth-order valence-electron chi connectivity index (χ4n) is 2.31. The number of nitrogens with one attached hydrogen (secondary N) is 2. The fourth-order valence-corrected chi connectivity index (χ4v) is 2.31. The highest BCUT2D eigenvalue weighted by Gasteiger charge is 2.19. The summed E-state index contributed by atoms with van der Waals surface area (Å²) in [6.45, 7) is 5.32. The lowest BCUT2D eigenvalue weighted by Gasteiger charge is -2.25. The summed E-state index contributed by atoms with van der Waals surface area (Å²) in [6.07, 6.45) is 0. The minimum Gasteiger partial charge on any atom is -0.326 e. The molecule has 0 saturated carbocycles. The van der Waals surface area contributed by atoms with E-state index in [1.807, 2.05) is 0 Å². The van der Waals surface area contributed by atoms with E-state index in [-0.39, 0.29) is 11.8 Å². The fraction of sp³-hybridized carbons (Fsp3) is 0.300. The molecular formula is C20H23F2N3O2. The van der Waals surface area contributed by atoms with Gasteiger partial charge in [-0.15, -0.1) is 0 Å².